The van der Waals surface area contributed by atoms with Gasteiger partial charge in [0.05, 0.1) is 0 Å². The van der Waals surface area contributed by atoms with E-state index in [0.29, 0.717) is 0 Å². The standard InChI is InChI=1S/C8H9AsO4/c10-9(11,12)13-7-6-8-4-2-1-3-5-8/h1-7H,(H2,10,11,12). The molecule has 0 aliphatic heterocycles. The van der Waals surface area contributed by atoms with E-state index in [-0.39, 0.29) is 0 Å². The zero-order valence-electron chi connectivity index (χ0n) is 6.70. The van der Waals surface area contributed by atoms with Crippen LogP contribution in [0.1, 0.15) is 5.56 Å². The van der Waals surface area contributed by atoms with E-state index in [1.165, 1.54) is 6.08 Å². The van der Waals surface area contributed by atoms with Crippen molar-refractivity contribution in [2.75, 3.05) is 0 Å². The molecule has 5 heteroatoms. The van der Waals surface area contributed by atoms with Crippen LogP contribution in [0.15, 0.2) is 36.6 Å². The maximum absolute atomic E-state index is 10.3. The summed E-state index contributed by atoms with van der Waals surface area (Å²) in [5.41, 5.74) is 0.825. The first kappa shape index (κ1) is 10.1. The van der Waals surface area contributed by atoms with Crippen molar-refractivity contribution in [3.05, 3.63) is 42.2 Å². The van der Waals surface area contributed by atoms with Crippen molar-refractivity contribution in [2.24, 2.45) is 0 Å². The Labute approximate surface area is 78.8 Å². The molecule has 0 fully saturated rings. The van der Waals surface area contributed by atoms with Gasteiger partial charge in [0.25, 0.3) is 0 Å². The van der Waals surface area contributed by atoms with Crippen molar-refractivity contribution >= 4 is 20.6 Å². The molecule has 0 unspecified atom stereocenters. The van der Waals surface area contributed by atoms with Crippen LogP contribution in [0.5, 0.6) is 0 Å². The Kier molecular flexibility index (Phi) is 3.37. The third-order valence-electron chi connectivity index (χ3n) is 1.26. The van der Waals surface area contributed by atoms with E-state index in [2.05, 4.69) is 3.73 Å². The van der Waals surface area contributed by atoms with Crippen molar-refractivity contribution in [3.63, 3.8) is 0 Å². The Morgan fingerprint density at radius 1 is 1.23 bits per heavy atom. The molecule has 0 bridgehead atoms. The molecule has 1 aromatic carbocycles. The fourth-order valence-corrected chi connectivity index (χ4v) is 1.21. The molecule has 0 aliphatic carbocycles. The number of hydrogen-bond donors (Lipinski definition) is 2. The zero-order valence-corrected chi connectivity index (χ0v) is 8.58. The van der Waals surface area contributed by atoms with Gasteiger partial charge in [0.15, 0.2) is 0 Å². The second-order valence-corrected chi connectivity index (χ2v) is 4.81. The van der Waals surface area contributed by atoms with Crippen LogP contribution in [-0.4, -0.2) is 22.7 Å². The van der Waals surface area contributed by atoms with E-state index >= 15 is 0 Å². The monoisotopic (exact) mass is 244 g/mol. The average Bonchev–Trinajstić information content (AvgIpc) is 2.04. The van der Waals surface area contributed by atoms with Crippen LogP contribution in [-0.2, 0) is 7.47 Å². The van der Waals surface area contributed by atoms with Gasteiger partial charge in [0.1, 0.15) is 0 Å². The number of benzene rings is 1. The average molecular weight is 244 g/mol. The number of hydrogen-bond acceptors (Lipinski definition) is 2. The molecular formula is C8H9AsO4. The molecular weight excluding hydrogens is 235 g/mol. The van der Waals surface area contributed by atoms with Crippen molar-refractivity contribution in [3.8, 4) is 0 Å². The summed E-state index contributed by atoms with van der Waals surface area (Å²) in [6, 6.07) is 9.09. The first-order valence-electron chi connectivity index (χ1n) is 3.53. The minimum atomic E-state index is -4.95. The van der Waals surface area contributed by atoms with E-state index < -0.39 is 14.5 Å². The Bertz CT molecular complexity index is 327. The van der Waals surface area contributed by atoms with Gasteiger partial charge < -0.3 is 0 Å². The summed E-state index contributed by atoms with van der Waals surface area (Å²) in [7, 11) is 0. The second-order valence-electron chi connectivity index (χ2n) is 2.31. The molecule has 0 saturated heterocycles. The molecule has 4 nitrogen and oxygen atoms in total. The van der Waals surface area contributed by atoms with Gasteiger partial charge in [-0.25, -0.2) is 0 Å². The predicted octanol–water partition coefficient (Wildman–Crippen LogP) is 0.525. The Morgan fingerprint density at radius 3 is 2.38 bits per heavy atom. The van der Waals surface area contributed by atoms with Crippen LogP contribution in [0.25, 0.3) is 6.08 Å². The van der Waals surface area contributed by atoms with Gasteiger partial charge in [-0.3, -0.25) is 0 Å². The summed E-state index contributed by atoms with van der Waals surface area (Å²) < 4.78 is 31.3. The van der Waals surface area contributed by atoms with Crippen molar-refractivity contribution in [1.82, 2.24) is 0 Å². The van der Waals surface area contributed by atoms with Crippen LogP contribution in [0.2, 0.25) is 0 Å². The normalized spacial score (nSPS) is 11.8. The van der Waals surface area contributed by atoms with Gasteiger partial charge in [0, 0.05) is 0 Å². The first-order valence-corrected chi connectivity index (χ1v) is 6.74. The van der Waals surface area contributed by atoms with Crippen LogP contribution < -0.4 is 0 Å². The molecule has 0 saturated carbocycles. The molecule has 0 heterocycles. The summed E-state index contributed by atoms with van der Waals surface area (Å²) in [6.45, 7) is 0. The molecule has 0 amide bonds. The van der Waals surface area contributed by atoms with E-state index in [9.17, 15) is 3.74 Å². The summed E-state index contributed by atoms with van der Waals surface area (Å²) in [5.74, 6) is 0. The predicted molar refractivity (Wildman–Crippen MR) is 47.4 cm³/mol. The molecule has 1 rings (SSSR count). The molecule has 13 heavy (non-hydrogen) atoms. The van der Waals surface area contributed by atoms with Crippen molar-refractivity contribution < 1.29 is 15.7 Å². The third-order valence-corrected chi connectivity index (χ3v) is 2.09. The Morgan fingerprint density at radius 2 is 1.85 bits per heavy atom. The SMILES string of the molecule is O=[As](O)(O)OC=Cc1ccccc1. The van der Waals surface area contributed by atoms with Crippen molar-refractivity contribution in [1.29, 1.82) is 0 Å². The molecule has 0 radical (unpaired) electrons. The Balaban J connectivity index is 2.56. The summed E-state index contributed by atoms with van der Waals surface area (Å²) in [5, 5.41) is 0. The molecule has 0 atom stereocenters. The van der Waals surface area contributed by atoms with E-state index in [1.54, 1.807) is 12.1 Å². The molecule has 0 aromatic heterocycles. The van der Waals surface area contributed by atoms with Gasteiger partial charge in [-0.15, -0.1) is 0 Å². The molecule has 1 aromatic rings. The fourth-order valence-electron chi connectivity index (χ4n) is 0.752. The van der Waals surface area contributed by atoms with Crippen LogP contribution in [0.4, 0.5) is 0 Å². The third kappa shape index (κ3) is 4.58. The summed E-state index contributed by atoms with van der Waals surface area (Å²) in [6.07, 6.45) is 2.50. The van der Waals surface area contributed by atoms with Crippen molar-refractivity contribution in [2.45, 2.75) is 0 Å². The zero-order chi connectivity index (χ0) is 9.73. The van der Waals surface area contributed by atoms with Gasteiger partial charge >= 0.3 is 78.4 Å². The topological polar surface area (TPSA) is 66.8 Å². The van der Waals surface area contributed by atoms with Crippen LogP contribution in [0.3, 0.4) is 0 Å². The van der Waals surface area contributed by atoms with Gasteiger partial charge in [0.2, 0.25) is 0 Å². The second kappa shape index (κ2) is 4.32. The minimum absolute atomic E-state index is 0.825. The fraction of sp³-hybridized carbons (Fsp3) is 0. The van der Waals surface area contributed by atoms with E-state index in [4.69, 9.17) is 8.19 Å². The molecule has 70 valence electrons. The quantitative estimate of drug-likeness (QED) is 0.601. The van der Waals surface area contributed by atoms with E-state index in [0.717, 1.165) is 11.8 Å². The van der Waals surface area contributed by atoms with Gasteiger partial charge in [-0.05, 0) is 0 Å². The molecule has 2 N–H and O–H groups in total. The van der Waals surface area contributed by atoms with E-state index in [1.807, 2.05) is 18.2 Å². The first-order chi connectivity index (χ1) is 6.08. The number of rotatable bonds is 3. The van der Waals surface area contributed by atoms with Crippen LogP contribution >= 0.6 is 0 Å². The Hall–Kier alpha value is -0.962. The molecule has 0 aliphatic rings. The van der Waals surface area contributed by atoms with Gasteiger partial charge in [-0.1, -0.05) is 0 Å². The van der Waals surface area contributed by atoms with Gasteiger partial charge in [-0.2, -0.15) is 0 Å². The summed E-state index contributed by atoms with van der Waals surface area (Å²) >= 11 is -4.95. The maximum atomic E-state index is 10.3. The molecule has 0 spiro atoms. The van der Waals surface area contributed by atoms with Crippen LogP contribution in [0, 0.1) is 0 Å². The summed E-state index contributed by atoms with van der Waals surface area (Å²) in [4.78, 5) is 0.